The molecule has 4 aromatic rings. The predicted octanol–water partition coefficient (Wildman–Crippen LogP) is 4.94. The molecule has 0 spiro atoms. The van der Waals surface area contributed by atoms with Crippen LogP contribution in [0.15, 0.2) is 55.2 Å². The number of nitrogens with zero attached hydrogens (tertiary/aromatic N) is 2. The maximum atomic E-state index is 13.3. The SMILES string of the molecule is Cc1cc(OCc2nnc(SCc3ccc(F)c(F)c3)o2)cc2oc(=O)cc(C)c12. The summed E-state index contributed by atoms with van der Waals surface area (Å²) in [5, 5.41) is 8.99. The molecule has 0 fully saturated rings. The Morgan fingerprint density at radius 2 is 1.80 bits per heavy atom. The first-order valence-corrected chi connectivity index (χ1v) is 9.94. The number of aryl methyl sites for hydroxylation is 2. The lowest BCUT2D eigenvalue weighted by Gasteiger charge is -2.08. The van der Waals surface area contributed by atoms with Gasteiger partial charge in [0.1, 0.15) is 11.3 Å². The van der Waals surface area contributed by atoms with Crippen LogP contribution >= 0.6 is 11.8 Å². The van der Waals surface area contributed by atoms with Gasteiger partial charge in [0.15, 0.2) is 18.2 Å². The Balaban J connectivity index is 1.42. The Labute approximate surface area is 173 Å². The predicted molar refractivity (Wildman–Crippen MR) is 107 cm³/mol. The molecule has 154 valence electrons. The van der Waals surface area contributed by atoms with Gasteiger partial charge in [0.2, 0.25) is 0 Å². The second-order valence-electron chi connectivity index (χ2n) is 6.65. The molecule has 2 heterocycles. The first-order valence-electron chi connectivity index (χ1n) is 8.96. The number of hydrogen-bond acceptors (Lipinski definition) is 7. The van der Waals surface area contributed by atoms with Crippen molar-refractivity contribution in [2.45, 2.75) is 31.4 Å². The van der Waals surface area contributed by atoms with Gasteiger partial charge in [0.25, 0.3) is 11.1 Å². The summed E-state index contributed by atoms with van der Waals surface area (Å²) in [5.74, 6) is -0.681. The highest BCUT2D eigenvalue weighted by Crippen LogP contribution is 2.27. The van der Waals surface area contributed by atoms with Gasteiger partial charge in [-0.2, -0.15) is 0 Å². The summed E-state index contributed by atoms with van der Waals surface area (Å²) in [7, 11) is 0. The lowest BCUT2D eigenvalue weighted by Crippen LogP contribution is -2.00. The van der Waals surface area contributed by atoms with Gasteiger partial charge >= 0.3 is 5.63 Å². The fraction of sp³-hybridized carbons (Fsp3) is 0.190. The molecule has 0 atom stereocenters. The number of fused-ring (bicyclic) bond motifs is 1. The fourth-order valence-electron chi connectivity index (χ4n) is 3.05. The average Bonchev–Trinajstić information content (AvgIpc) is 3.14. The van der Waals surface area contributed by atoms with Gasteiger partial charge in [-0.3, -0.25) is 0 Å². The molecule has 2 aromatic heterocycles. The number of rotatable bonds is 6. The van der Waals surface area contributed by atoms with Gasteiger partial charge in [0, 0.05) is 23.3 Å². The summed E-state index contributed by atoms with van der Waals surface area (Å²) in [6, 6.07) is 8.64. The van der Waals surface area contributed by atoms with Crippen molar-refractivity contribution in [3.8, 4) is 5.75 Å². The number of halogens is 2. The normalized spacial score (nSPS) is 11.2. The summed E-state index contributed by atoms with van der Waals surface area (Å²) < 4.78 is 42.7. The van der Waals surface area contributed by atoms with Crippen molar-refractivity contribution in [2.75, 3.05) is 0 Å². The number of ether oxygens (including phenoxy) is 1. The first kappa shape index (κ1) is 20.1. The molecule has 4 rings (SSSR count). The molecule has 9 heteroatoms. The van der Waals surface area contributed by atoms with Crippen LogP contribution < -0.4 is 10.4 Å². The van der Waals surface area contributed by atoms with Crippen LogP contribution in [0.4, 0.5) is 8.78 Å². The highest BCUT2D eigenvalue weighted by atomic mass is 32.2. The van der Waals surface area contributed by atoms with E-state index in [1.807, 2.05) is 19.9 Å². The molecule has 6 nitrogen and oxygen atoms in total. The maximum absolute atomic E-state index is 13.3. The van der Waals surface area contributed by atoms with Crippen molar-refractivity contribution in [3.63, 3.8) is 0 Å². The Hall–Kier alpha value is -3.20. The summed E-state index contributed by atoms with van der Waals surface area (Å²) in [6.45, 7) is 3.78. The van der Waals surface area contributed by atoms with Crippen LogP contribution in [0, 0.1) is 25.5 Å². The van der Waals surface area contributed by atoms with Crippen molar-refractivity contribution in [1.29, 1.82) is 0 Å². The monoisotopic (exact) mass is 430 g/mol. The summed E-state index contributed by atoms with van der Waals surface area (Å²) in [6.07, 6.45) is 0. The topological polar surface area (TPSA) is 78.4 Å². The van der Waals surface area contributed by atoms with E-state index in [0.717, 1.165) is 28.6 Å². The van der Waals surface area contributed by atoms with E-state index in [1.54, 1.807) is 6.07 Å². The third-order valence-corrected chi connectivity index (χ3v) is 5.26. The number of benzene rings is 2. The highest BCUT2D eigenvalue weighted by Gasteiger charge is 2.12. The quantitative estimate of drug-likeness (QED) is 0.317. The van der Waals surface area contributed by atoms with E-state index in [1.165, 1.54) is 23.9 Å². The molecular formula is C21H16F2N2O4S. The van der Waals surface area contributed by atoms with Crippen molar-refractivity contribution in [1.82, 2.24) is 10.2 Å². The maximum Gasteiger partial charge on any atom is 0.336 e. The summed E-state index contributed by atoms with van der Waals surface area (Å²) in [5.41, 5.74) is 2.37. The zero-order valence-electron chi connectivity index (χ0n) is 16.1. The van der Waals surface area contributed by atoms with E-state index < -0.39 is 17.3 Å². The minimum Gasteiger partial charge on any atom is -0.484 e. The van der Waals surface area contributed by atoms with E-state index in [2.05, 4.69) is 10.2 Å². The van der Waals surface area contributed by atoms with Gasteiger partial charge in [0.05, 0.1) is 0 Å². The second kappa shape index (κ2) is 8.27. The number of hydrogen-bond donors (Lipinski definition) is 0. The van der Waals surface area contributed by atoms with Crippen LogP contribution in [0.1, 0.15) is 22.6 Å². The average molecular weight is 430 g/mol. The van der Waals surface area contributed by atoms with E-state index in [9.17, 15) is 13.6 Å². The zero-order chi connectivity index (χ0) is 21.3. The third kappa shape index (κ3) is 4.35. The molecule has 0 N–H and O–H groups in total. The van der Waals surface area contributed by atoms with Crippen LogP contribution in [0.3, 0.4) is 0 Å². The van der Waals surface area contributed by atoms with E-state index in [0.29, 0.717) is 22.6 Å². The Kier molecular flexibility index (Phi) is 5.54. The van der Waals surface area contributed by atoms with Crippen molar-refractivity contribution >= 4 is 22.7 Å². The molecule has 0 aliphatic heterocycles. The molecule has 0 radical (unpaired) electrons. The zero-order valence-corrected chi connectivity index (χ0v) is 16.9. The van der Waals surface area contributed by atoms with Gasteiger partial charge in [-0.15, -0.1) is 10.2 Å². The van der Waals surface area contributed by atoms with Crippen molar-refractivity contribution in [3.05, 3.63) is 81.0 Å². The van der Waals surface area contributed by atoms with Crippen LogP contribution in [-0.2, 0) is 12.4 Å². The molecule has 0 unspecified atom stereocenters. The van der Waals surface area contributed by atoms with E-state index >= 15 is 0 Å². The van der Waals surface area contributed by atoms with E-state index in [4.69, 9.17) is 13.6 Å². The number of aromatic nitrogens is 2. The third-order valence-electron chi connectivity index (χ3n) is 4.37. The molecule has 0 bridgehead atoms. The highest BCUT2D eigenvalue weighted by molar-refractivity contribution is 7.98. The lowest BCUT2D eigenvalue weighted by atomic mass is 10.1. The lowest BCUT2D eigenvalue weighted by molar-refractivity contribution is 0.252. The Bertz CT molecular complexity index is 1290. The first-order chi connectivity index (χ1) is 14.4. The summed E-state index contributed by atoms with van der Waals surface area (Å²) in [4.78, 5) is 11.6. The molecule has 30 heavy (non-hydrogen) atoms. The minimum absolute atomic E-state index is 0.0275. The molecule has 0 saturated carbocycles. The molecule has 0 amide bonds. The van der Waals surface area contributed by atoms with E-state index in [-0.39, 0.29) is 17.7 Å². The van der Waals surface area contributed by atoms with Gasteiger partial charge < -0.3 is 13.6 Å². The molecular weight excluding hydrogens is 414 g/mol. The minimum atomic E-state index is -0.899. The van der Waals surface area contributed by atoms with Crippen LogP contribution in [0.5, 0.6) is 5.75 Å². The van der Waals surface area contributed by atoms with Crippen LogP contribution in [0.25, 0.3) is 11.0 Å². The Morgan fingerprint density at radius 3 is 2.60 bits per heavy atom. The smallest absolute Gasteiger partial charge is 0.336 e. The van der Waals surface area contributed by atoms with Gasteiger partial charge in [-0.1, -0.05) is 17.8 Å². The molecule has 2 aromatic carbocycles. The van der Waals surface area contributed by atoms with Crippen molar-refractivity contribution in [2.24, 2.45) is 0 Å². The van der Waals surface area contributed by atoms with Crippen LogP contribution in [-0.4, -0.2) is 10.2 Å². The standard InChI is InChI=1S/C21H16F2N2O4S/c1-11-5-14(8-17-20(11)12(2)6-19(26)28-17)27-9-18-24-25-21(29-18)30-10-13-3-4-15(22)16(23)7-13/h3-8H,9-10H2,1-2H3. The molecule has 0 aliphatic carbocycles. The fourth-order valence-corrected chi connectivity index (χ4v) is 3.78. The molecule has 0 saturated heterocycles. The molecule has 0 aliphatic rings. The van der Waals surface area contributed by atoms with Gasteiger partial charge in [-0.25, -0.2) is 13.6 Å². The Morgan fingerprint density at radius 1 is 1.00 bits per heavy atom. The largest absolute Gasteiger partial charge is 0.484 e. The second-order valence-corrected chi connectivity index (χ2v) is 7.58. The van der Waals surface area contributed by atoms with Gasteiger partial charge in [-0.05, 0) is 48.7 Å². The van der Waals surface area contributed by atoms with Crippen molar-refractivity contribution < 1.29 is 22.4 Å². The van der Waals surface area contributed by atoms with Crippen LogP contribution in [0.2, 0.25) is 0 Å². The summed E-state index contributed by atoms with van der Waals surface area (Å²) >= 11 is 1.20. The number of thioether (sulfide) groups is 1.